The number of hydrogen-bond acceptors (Lipinski definition) is 11. The number of nitrogens with zero attached hydrogens (tertiary/aromatic N) is 6. The van der Waals surface area contributed by atoms with Crippen molar-refractivity contribution in [1.82, 2.24) is 24.9 Å². The van der Waals surface area contributed by atoms with Gasteiger partial charge in [-0.3, -0.25) is 4.98 Å². The van der Waals surface area contributed by atoms with Crippen LogP contribution < -0.4 is 19.7 Å². The SMILES string of the molecule is COc1cnc(NC(O)CN(C)c2nc(-c3cc(OCCO)ccn3)nc3c2CCC3)nc1. The van der Waals surface area contributed by atoms with Crippen LogP contribution in [0, 0.1) is 0 Å². The van der Waals surface area contributed by atoms with Crippen molar-refractivity contribution in [3.05, 3.63) is 42.0 Å². The van der Waals surface area contributed by atoms with E-state index in [2.05, 4.69) is 20.3 Å². The smallest absolute Gasteiger partial charge is 0.224 e. The lowest BCUT2D eigenvalue weighted by molar-refractivity contribution is 0.201. The van der Waals surface area contributed by atoms with Gasteiger partial charge in [-0.1, -0.05) is 0 Å². The Morgan fingerprint density at radius 3 is 2.73 bits per heavy atom. The number of hydrogen-bond donors (Lipinski definition) is 3. The number of pyridine rings is 1. The minimum absolute atomic E-state index is 0.0696. The molecule has 0 fully saturated rings. The predicted molar refractivity (Wildman–Crippen MR) is 121 cm³/mol. The van der Waals surface area contributed by atoms with Crippen LogP contribution in [0.3, 0.4) is 0 Å². The summed E-state index contributed by atoms with van der Waals surface area (Å²) in [5, 5.41) is 22.4. The summed E-state index contributed by atoms with van der Waals surface area (Å²) >= 11 is 0. The van der Waals surface area contributed by atoms with Gasteiger partial charge in [0.25, 0.3) is 0 Å². The molecule has 0 aromatic carbocycles. The van der Waals surface area contributed by atoms with Gasteiger partial charge in [-0.2, -0.15) is 0 Å². The first-order valence-corrected chi connectivity index (χ1v) is 10.7. The second-order valence-corrected chi connectivity index (χ2v) is 7.59. The second-order valence-electron chi connectivity index (χ2n) is 7.59. The van der Waals surface area contributed by atoms with Crippen LogP contribution in [0.4, 0.5) is 11.8 Å². The highest BCUT2D eigenvalue weighted by Crippen LogP contribution is 2.31. The Hall–Kier alpha value is -3.57. The quantitative estimate of drug-likeness (QED) is 0.380. The van der Waals surface area contributed by atoms with Gasteiger partial charge < -0.3 is 29.9 Å². The van der Waals surface area contributed by atoms with Crippen molar-refractivity contribution in [3.63, 3.8) is 0 Å². The summed E-state index contributed by atoms with van der Waals surface area (Å²) in [6, 6.07) is 3.48. The number of aliphatic hydroxyl groups is 2. The number of rotatable bonds is 10. The van der Waals surface area contributed by atoms with Gasteiger partial charge >= 0.3 is 0 Å². The van der Waals surface area contributed by atoms with E-state index in [0.717, 1.165) is 36.3 Å². The van der Waals surface area contributed by atoms with Crippen LogP contribution in [0.15, 0.2) is 30.7 Å². The maximum absolute atomic E-state index is 10.6. The second kappa shape index (κ2) is 10.4. The lowest BCUT2D eigenvalue weighted by atomic mass is 10.2. The standard InChI is InChI=1S/C22H27N7O4/c1-29(13-19(31)27-22-24-11-15(32-2)12-25-22)21-16-4-3-5-17(16)26-20(28-21)18-10-14(6-7-23-18)33-9-8-30/h6-7,10-12,19,30-31H,3-5,8-9,13H2,1-2H3,(H,24,25,27). The average molecular weight is 454 g/mol. The van der Waals surface area contributed by atoms with Gasteiger partial charge in [0.1, 0.15) is 30.1 Å². The number of fused-ring (bicyclic) bond motifs is 1. The van der Waals surface area contributed by atoms with E-state index in [9.17, 15) is 5.11 Å². The summed E-state index contributed by atoms with van der Waals surface area (Å²) in [6.07, 6.45) is 6.51. The number of likely N-dealkylation sites (N-methyl/N-ethyl adjacent to an activating group) is 1. The molecule has 0 radical (unpaired) electrons. The minimum Gasteiger partial charge on any atom is -0.494 e. The fourth-order valence-corrected chi connectivity index (χ4v) is 3.67. The van der Waals surface area contributed by atoms with Crippen molar-refractivity contribution in [2.24, 2.45) is 0 Å². The third-order valence-electron chi connectivity index (χ3n) is 5.20. The highest BCUT2D eigenvalue weighted by atomic mass is 16.5. The normalized spacial score (nSPS) is 13.3. The zero-order chi connectivity index (χ0) is 23.2. The molecule has 0 saturated carbocycles. The summed E-state index contributed by atoms with van der Waals surface area (Å²) in [7, 11) is 3.41. The molecule has 0 spiro atoms. The van der Waals surface area contributed by atoms with Crippen molar-refractivity contribution in [2.75, 3.05) is 44.1 Å². The predicted octanol–water partition coefficient (Wildman–Crippen LogP) is 1.06. The molecule has 0 saturated heterocycles. The zero-order valence-electron chi connectivity index (χ0n) is 18.6. The van der Waals surface area contributed by atoms with E-state index in [1.54, 1.807) is 18.3 Å². The molecular weight excluding hydrogens is 426 g/mol. The first-order chi connectivity index (χ1) is 16.1. The lowest BCUT2D eigenvalue weighted by Gasteiger charge is -2.24. The monoisotopic (exact) mass is 453 g/mol. The Kier molecular flexibility index (Phi) is 7.10. The molecule has 33 heavy (non-hydrogen) atoms. The number of aryl methyl sites for hydroxylation is 1. The average Bonchev–Trinajstić information content (AvgIpc) is 3.31. The van der Waals surface area contributed by atoms with Crippen molar-refractivity contribution >= 4 is 11.8 Å². The van der Waals surface area contributed by atoms with Crippen LogP contribution in [0.5, 0.6) is 11.5 Å². The fraction of sp³-hybridized carbons (Fsp3) is 0.409. The zero-order valence-corrected chi connectivity index (χ0v) is 18.6. The molecule has 3 aromatic heterocycles. The maximum atomic E-state index is 10.6. The molecule has 3 aromatic rings. The van der Waals surface area contributed by atoms with Crippen molar-refractivity contribution in [1.29, 1.82) is 0 Å². The Morgan fingerprint density at radius 2 is 1.97 bits per heavy atom. The van der Waals surface area contributed by atoms with Gasteiger partial charge in [-0.15, -0.1) is 0 Å². The number of ether oxygens (including phenoxy) is 2. The van der Waals surface area contributed by atoms with Gasteiger partial charge in [0, 0.05) is 30.6 Å². The number of nitrogens with one attached hydrogen (secondary N) is 1. The van der Waals surface area contributed by atoms with Crippen LogP contribution >= 0.6 is 0 Å². The number of aliphatic hydroxyl groups excluding tert-OH is 2. The maximum Gasteiger partial charge on any atom is 0.224 e. The van der Waals surface area contributed by atoms with E-state index < -0.39 is 6.23 Å². The molecule has 3 N–H and O–H groups in total. The molecule has 1 aliphatic rings. The molecule has 0 amide bonds. The summed E-state index contributed by atoms with van der Waals surface area (Å²) in [6.45, 7) is 0.385. The highest BCUT2D eigenvalue weighted by molar-refractivity contribution is 5.59. The third-order valence-corrected chi connectivity index (χ3v) is 5.20. The van der Waals surface area contributed by atoms with Crippen LogP contribution in [-0.2, 0) is 12.8 Å². The third kappa shape index (κ3) is 5.44. The summed E-state index contributed by atoms with van der Waals surface area (Å²) in [5.41, 5.74) is 2.66. The van der Waals surface area contributed by atoms with E-state index in [4.69, 9.17) is 24.5 Å². The Balaban J connectivity index is 1.53. The molecule has 1 unspecified atom stereocenters. The van der Waals surface area contributed by atoms with Gasteiger partial charge in [-0.05, 0) is 25.3 Å². The van der Waals surface area contributed by atoms with Gasteiger partial charge in [0.15, 0.2) is 11.6 Å². The van der Waals surface area contributed by atoms with Crippen LogP contribution in [-0.4, -0.2) is 75.3 Å². The highest BCUT2D eigenvalue weighted by Gasteiger charge is 2.24. The van der Waals surface area contributed by atoms with E-state index >= 15 is 0 Å². The summed E-state index contributed by atoms with van der Waals surface area (Å²) in [5.74, 6) is 2.68. The van der Waals surface area contributed by atoms with E-state index in [0.29, 0.717) is 29.0 Å². The number of aromatic nitrogens is 5. The van der Waals surface area contributed by atoms with Crippen molar-refractivity contribution in [2.45, 2.75) is 25.5 Å². The van der Waals surface area contributed by atoms with Crippen molar-refractivity contribution in [3.8, 4) is 23.0 Å². The molecule has 11 nitrogen and oxygen atoms in total. The van der Waals surface area contributed by atoms with Crippen molar-refractivity contribution < 1.29 is 19.7 Å². The van der Waals surface area contributed by atoms with Crippen LogP contribution in [0.2, 0.25) is 0 Å². The summed E-state index contributed by atoms with van der Waals surface area (Å²) in [4.78, 5) is 24.1. The molecule has 3 heterocycles. The number of anilines is 2. The lowest BCUT2D eigenvalue weighted by Crippen LogP contribution is -2.35. The largest absolute Gasteiger partial charge is 0.494 e. The fourth-order valence-electron chi connectivity index (χ4n) is 3.67. The van der Waals surface area contributed by atoms with Crippen LogP contribution in [0.1, 0.15) is 17.7 Å². The van der Waals surface area contributed by atoms with E-state index in [1.807, 2.05) is 11.9 Å². The molecule has 11 heteroatoms. The first-order valence-electron chi connectivity index (χ1n) is 10.7. The van der Waals surface area contributed by atoms with E-state index in [-0.39, 0.29) is 19.8 Å². The molecule has 1 atom stereocenters. The topological polar surface area (TPSA) is 139 Å². The number of methoxy groups -OCH3 is 1. The molecule has 0 aliphatic heterocycles. The van der Waals surface area contributed by atoms with E-state index in [1.165, 1.54) is 19.5 Å². The Labute approximate surface area is 191 Å². The Morgan fingerprint density at radius 1 is 1.15 bits per heavy atom. The Bertz CT molecular complexity index is 1080. The molecule has 0 bridgehead atoms. The molecule has 4 rings (SSSR count). The minimum atomic E-state index is -0.924. The molecule has 174 valence electrons. The molecular formula is C22H27N7O4. The first kappa shape index (κ1) is 22.6. The van der Waals surface area contributed by atoms with Gasteiger partial charge in [0.05, 0.1) is 32.7 Å². The van der Waals surface area contributed by atoms with Gasteiger partial charge in [-0.25, -0.2) is 19.9 Å². The van der Waals surface area contributed by atoms with Crippen LogP contribution in [0.25, 0.3) is 11.5 Å². The van der Waals surface area contributed by atoms with Gasteiger partial charge in [0.2, 0.25) is 5.95 Å². The summed E-state index contributed by atoms with van der Waals surface area (Å²) < 4.78 is 10.5. The molecule has 1 aliphatic carbocycles.